The summed E-state index contributed by atoms with van der Waals surface area (Å²) in [5.74, 6) is -0.870. The first-order valence-corrected chi connectivity index (χ1v) is 12.9. The Morgan fingerprint density at radius 2 is 1.27 bits per heavy atom. The molecular weight excluding hydrogens is 507 g/mol. The molecule has 0 bridgehead atoms. The van der Waals surface area contributed by atoms with Gasteiger partial charge in [0.15, 0.2) is 0 Å². The van der Waals surface area contributed by atoms with E-state index in [1.54, 1.807) is 19.9 Å². The number of benzene rings is 3. The van der Waals surface area contributed by atoms with Crippen molar-refractivity contribution >= 4 is 11.9 Å². The predicted molar refractivity (Wildman–Crippen MR) is 156 cm³/mol. The van der Waals surface area contributed by atoms with E-state index >= 15 is 4.39 Å². The van der Waals surface area contributed by atoms with E-state index in [0.29, 0.717) is 35.5 Å². The Morgan fingerprint density at radius 3 is 1.77 bits per heavy atom. The van der Waals surface area contributed by atoms with Gasteiger partial charge < -0.3 is 14.2 Å². The molecule has 5 nitrogen and oxygen atoms in total. The fourth-order valence-corrected chi connectivity index (χ4v) is 3.83. The average Bonchev–Trinajstić information content (AvgIpc) is 2.93. The molecule has 3 aromatic rings. The third kappa shape index (κ3) is 8.80. The van der Waals surface area contributed by atoms with E-state index < -0.39 is 11.9 Å². The van der Waals surface area contributed by atoms with Crippen LogP contribution < -0.4 is 4.74 Å². The normalized spacial score (nSPS) is 10.6. The Morgan fingerprint density at radius 1 is 0.750 bits per heavy atom. The minimum atomic E-state index is -0.496. The Hall–Kier alpha value is -4.45. The van der Waals surface area contributed by atoms with Crippen LogP contribution in [0.4, 0.5) is 4.39 Å². The molecule has 0 atom stereocenters. The van der Waals surface area contributed by atoms with Crippen molar-refractivity contribution in [2.45, 2.75) is 27.2 Å². The maximum atomic E-state index is 15.1. The minimum absolute atomic E-state index is 0.0740. The number of hydrogen-bond acceptors (Lipinski definition) is 5. The number of hydrogen-bond donors (Lipinski definition) is 0. The second-order valence-electron chi connectivity index (χ2n) is 9.99. The van der Waals surface area contributed by atoms with Crippen LogP contribution in [0.1, 0.15) is 26.3 Å². The molecule has 0 spiro atoms. The molecular formula is C34H35FO5. The maximum absolute atomic E-state index is 15.1. The largest absolute Gasteiger partial charge is 0.489 e. The molecule has 0 radical (unpaired) electrons. The van der Waals surface area contributed by atoms with Crippen molar-refractivity contribution in [1.82, 2.24) is 0 Å². The topological polar surface area (TPSA) is 61.8 Å². The SMILES string of the molecule is C=C(C)COc1ccc(-c2ccc(-c3ccc(CC(COC(=O)C(=C)C)COC(=O)C(=C)C)cc3)cc2F)cc1. The van der Waals surface area contributed by atoms with Gasteiger partial charge in [-0.25, -0.2) is 14.0 Å². The summed E-state index contributed by atoms with van der Waals surface area (Å²) in [6, 6.07) is 20.2. The fourth-order valence-electron chi connectivity index (χ4n) is 3.83. The number of rotatable bonds is 13. The summed E-state index contributed by atoms with van der Waals surface area (Å²) >= 11 is 0. The number of carbonyl (C=O) groups excluding carboxylic acids is 2. The summed E-state index contributed by atoms with van der Waals surface area (Å²) in [4.78, 5) is 23.7. The Labute approximate surface area is 235 Å². The maximum Gasteiger partial charge on any atom is 0.333 e. The van der Waals surface area contributed by atoms with Crippen LogP contribution in [-0.2, 0) is 25.5 Å². The zero-order valence-corrected chi connectivity index (χ0v) is 23.3. The molecule has 0 unspecified atom stereocenters. The van der Waals surface area contributed by atoms with Crippen molar-refractivity contribution in [1.29, 1.82) is 0 Å². The molecule has 0 heterocycles. The summed E-state index contributed by atoms with van der Waals surface area (Å²) in [6.07, 6.45) is 0.507. The standard InChI is InChI=1S/C34H35FO5/c1-22(2)19-38-30-14-11-28(12-15-30)31-16-13-29(18-32(31)35)27-9-7-25(8-10-27)17-26(20-39-33(36)23(3)4)21-40-34(37)24(5)6/h7-16,18,26H,1,3,5,17,19-21H2,2,4,6H3. The summed E-state index contributed by atoms with van der Waals surface area (Å²) < 4.78 is 31.3. The first-order chi connectivity index (χ1) is 19.0. The zero-order chi connectivity index (χ0) is 29.2. The van der Waals surface area contributed by atoms with E-state index in [0.717, 1.165) is 27.8 Å². The van der Waals surface area contributed by atoms with Crippen LogP contribution >= 0.6 is 0 Å². The Balaban J connectivity index is 1.69. The summed E-state index contributed by atoms with van der Waals surface area (Å²) in [5.41, 5.74) is 5.34. The molecule has 0 aliphatic rings. The molecule has 0 saturated carbocycles. The van der Waals surface area contributed by atoms with Gasteiger partial charge in [-0.15, -0.1) is 0 Å². The molecule has 0 saturated heterocycles. The first kappa shape index (κ1) is 30.1. The summed E-state index contributed by atoms with van der Waals surface area (Å²) in [6.45, 7) is 16.6. The van der Waals surface area contributed by atoms with Crippen molar-refractivity contribution in [3.63, 3.8) is 0 Å². The predicted octanol–water partition coefficient (Wildman–Crippen LogP) is 7.51. The quantitative estimate of drug-likeness (QED) is 0.127. The van der Waals surface area contributed by atoms with Crippen LogP contribution in [0.25, 0.3) is 22.3 Å². The van der Waals surface area contributed by atoms with Gasteiger partial charge >= 0.3 is 11.9 Å². The van der Waals surface area contributed by atoms with E-state index in [4.69, 9.17) is 14.2 Å². The summed E-state index contributed by atoms with van der Waals surface area (Å²) in [5, 5.41) is 0. The van der Waals surface area contributed by atoms with Crippen LogP contribution in [0.2, 0.25) is 0 Å². The lowest BCUT2D eigenvalue weighted by Crippen LogP contribution is -2.23. The van der Waals surface area contributed by atoms with Crippen LogP contribution in [0.5, 0.6) is 5.75 Å². The highest BCUT2D eigenvalue weighted by molar-refractivity contribution is 5.87. The molecule has 3 rings (SSSR count). The van der Waals surface area contributed by atoms with Gasteiger partial charge in [0.2, 0.25) is 0 Å². The molecule has 40 heavy (non-hydrogen) atoms. The van der Waals surface area contributed by atoms with Gasteiger partial charge in [0.25, 0.3) is 0 Å². The third-order valence-corrected chi connectivity index (χ3v) is 6.03. The van der Waals surface area contributed by atoms with Crippen molar-refractivity contribution in [3.8, 4) is 28.0 Å². The monoisotopic (exact) mass is 542 g/mol. The van der Waals surface area contributed by atoms with Gasteiger partial charge in [-0.1, -0.05) is 68.3 Å². The third-order valence-electron chi connectivity index (χ3n) is 6.03. The number of esters is 2. The number of carbonyl (C=O) groups is 2. The Kier molecular flexibility index (Phi) is 10.6. The summed E-state index contributed by atoms with van der Waals surface area (Å²) in [7, 11) is 0. The van der Waals surface area contributed by atoms with E-state index in [1.165, 1.54) is 6.07 Å². The first-order valence-electron chi connectivity index (χ1n) is 12.9. The van der Waals surface area contributed by atoms with E-state index in [-0.39, 0.29) is 24.9 Å². The van der Waals surface area contributed by atoms with Crippen LogP contribution in [-0.4, -0.2) is 31.8 Å². The molecule has 0 aromatic heterocycles. The van der Waals surface area contributed by atoms with Crippen LogP contribution in [0.15, 0.2) is 103 Å². The number of ether oxygens (including phenoxy) is 3. The lowest BCUT2D eigenvalue weighted by Gasteiger charge is -2.18. The molecule has 0 aliphatic heterocycles. The molecule has 0 amide bonds. The lowest BCUT2D eigenvalue weighted by atomic mass is 9.96. The zero-order valence-electron chi connectivity index (χ0n) is 23.3. The van der Waals surface area contributed by atoms with Crippen LogP contribution in [0.3, 0.4) is 0 Å². The second kappa shape index (κ2) is 14.1. The second-order valence-corrected chi connectivity index (χ2v) is 9.99. The molecule has 208 valence electrons. The van der Waals surface area contributed by atoms with Crippen molar-refractivity contribution in [2.75, 3.05) is 19.8 Å². The van der Waals surface area contributed by atoms with Gasteiger partial charge in [-0.3, -0.25) is 0 Å². The van der Waals surface area contributed by atoms with Crippen molar-refractivity contribution < 1.29 is 28.2 Å². The minimum Gasteiger partial charge on any atom is -0.489 e. The van der Waals surface area contributed by atoms with E-state index in [9.17, 15) is 9.59 Å². The fraction of sp³-hybridized carbons (Fsp3) is 0.235. The van der Waals surface area contributed by atoms with Gasteiger partial charge in [-0.2, -0.15) is 0 Å². The van der Waals surface area contributed by atoms with Gasteiger partial charge in [0.05, 0.1) is 13.2 Å². The van der Waals surface area contributed by atoms with E-state index in [2.05, 4.69) is 19.7 Å². The highest BCUT2D eigenvalue weighted by Gasteiger charge is 2.17. The highest BCUT2D eigenvalue weighted by atomic mass is 19.1. The molecule has 0 N–H and O–H groups in total. The van der Waals surface area contributed by atoms with Crippen LogP contribution in [0, 0.1) is 11.7 Å². The highest BCUT2D eigenvalue weighted by Crippen LogP contribution is 2.29. The molecule has 6 heteroatoms. The number of halogens is 1. The average molecular weight is 543 g/mol. The van der Waals surface area contributed by atoms with Gasteiger partial charge in [0, 0.05) is 22.6 Å². The van der Waals surface area contributed by atoms with Crippen molar-refractivity contribution in [3.05, 3.63) is 115 Å². The van der Waals surface area contributed by atoms with Gasteiger partial charge in [0.1, 0.15) is 18.2 Å². The van der Waals surface area contributed by atoms with Gasteiger partial charge in [-0.05, 0) is 73.2 Å². The molecule has 0 fully saturated rings. The smallest absolute Gasteiger partial charge is 0.333 e. The molecule has 0 aliphatic carbocycles. The molecule has 3 aromatic carbocycles. The van der Waals surface area contributed by atoms with Crippen molar-refractivity contribution in [2.24, 2.45) is 5.92 Å². The Bertz CT molecular complexity index is 1360. The lowest BCUT2D eigenvalue weighted by molar-refractivity contribution is -0.144. The van der Waals surface area contributed by atoms with E-state index in [1.807, 2.05) is 61.5 Å².